The first-order chi connectivity index (χ1) is 12.3. The summed E-state index contributed by atoms with van der Waals surface area (Å²) in [5.74, 6) is 1.54. The lowest BCUT2D eigenvalue weighted by molar-refractivity contribution is 0.400. The van der Waals surface area contributed by atoms with E-state index >= 15 is 0 Å². The van der Waals surface area contributed by atoms with Crippen LogP contribution in [-0.4, -0.2) is 37.9 Å². The predicted octanol–water partition coefficient (Wildman–Crippen LogP) is 3.28. The monoisotopic (exact) mass is 336 g/mol. The Kier molecular flexibility index (Phi) is 3.42. The highest BCUT2D eigenvalue weighted by atomic mass is 16.5. The van der Waals surface area contributed by atoms with Crippen LogP contribution in [0.25, 0.3) is 11.1 Å². The lowest BCUT2D eigenvalue weighted by Crippen LogP contribution is -2.45. The molecule has 5 rings (SSSR count). The van der Waals surface area contributed by atoms with Gasteiger partial charge in [-0.3, -0.25) is 0 Å². The summed E-state index contributed by atoms with van der Waals surface area (Å²) in [5, 5.41) is 14.1. The Hall–Kier alpha value is -2.20. The maximum Gasteiger partial charge on any atom is 0.127 e. The molecule has 2 aromatic carbocycles. The average Bonchev–Trinajstić information content (AvgIpc) is 2.97. The second kappa shape index (κ2) is 5.67. The number of anilines is 1. The van der Waals surface area contributed by atoms with E-state index in [1.54, 1.807) is 13.2 Å². The summed E-state index contributed by atoms with van der Waals surface area (Å²) in [5.41, 5.74) is 6.43. The number of benzene rings is 2. The SMILES string of the molecule is COc1ccc(-c2cc3c4c(c2)[C@H]2CNCC[C@H]2N4CCC3)c(O)c1. The normalized spacial score (nSPS) is 24.0. The zero-order valence-electron chi connectivity index (χ0n) is 14.6. The summed E-state index contributed by atoms with van der Waals surface area (Å²) in [6.07, 6.45) is 3.58. The van der Waals surface area contributed by atoms with Crippen LogP contribution in [0.15, 0.2) is 30.3 Å². The lowest BCUT2D eigenvalue weighted by atomic mass is 9.87. The van der Waals surface area contributed by atoms with Crippen LogP contribution in [0.4, 0.5) is 5.69 Å². The van der Waals surface area contributed by atoms with Gasteiger partial charge in [0, 0.05) is 42.4 Å². The van der Waals surface area contributed by atoms with Crippen LogP contribution in [0.3, 0.4) is 0 Å². The molecule has 0 saturated carbocycles. The fourth-order valence-electron chi connectivity index (χ4n) is 5.00. The summed E-state index contributed by atoms with van der Waals surface area (Å²) in [6.45, 7) is 3.37. The van der Waals surface area contributed by atoms with Crippen LogP contribution < -0.4 is 15.0 Å². The largest absolute Gasteiger partial charge is 0.507 e. The van der Waals surface area contributed by atoms with E-state index in [1.807, 2.05) is 12.1 Å². The minimum atomic E-state index is 0.287. The minimum absolute atomic E-state index is 0.287. The molecule has 130 valence electrons. The molecule has 1 saturated heterocycles. The number of rotatable bonds is 2. The molecule has 0 unspecified atom stereocenters. The number of nitrogens with one attached hydrogen (secondary N) is 1. The number of aryl methyl sites for hydroxylation is 1. The zero-order chi connectivity index (χ0) is 17.0. The molecule has 3 aliphatic rings. The minimum Gasteiger partial charge on any atom is -0.507 e. The Bertz CT molecular complexity index is 833. The molecule has 0 aliphatic carbocycles. The molecule has 2 atom stereocenters. The van der Waals surface area contributed by atoms with Gasteiger partial charge in [0.25, 0.3) is 0 Å². The number of fused-ring (bicyclic) bond motifs is 3. The fourth-order valence-corrected chi connectivity index (χ4v) is 5.00. The first-order valence-electron chi connectivity index (χ1n) is 9.28. The van der Waals surface area contributed by atoms with Gasteiger partial charge >= 0.3 is 0 Å². The number of aromatic hydroxyl groups is 1. The maximum atomic E-state index is 10.5. The molecular weight excluding hydrogens is 312 g/mol. The van der Waals surface area contributed by atoms with Gasteiger partial charge < -0.3 is 20.1 Å². The molecule has 4 heteroatoms. The number of methoxy groups -OCH3 is 1. The van der Waals surface area contributed by atoms with Crippen molar-refractivity contribution in [2.24, 2.45) is 0 Å². The topological polar surface area (TPSA) is 44.7 Å². The molecule has 0 bridgehead atoms. The van der Waals surface area contributed by atoms with Gasteiger partial charge in [-0.1, -0.05) is 0 Å². The van der Waals surface area contributed by atoms with Gasteiger partial charge in [-0.05, 0) is 66.8 Å². The van der Waals surface area contributed by atoms with Crippen molar-refractivity contribution in [2.45, 2.75) is 31.2 Å². The van der Waals surface area contributed by atoms with E-state index in [2.05, 4.69) is 22.3 Å². The fraction of sp³-hybridized carbons (Fsp3) is 0.429. The van der Waals surface area contributed by atoms with Gasteiger partial charge in [-0.25, -0.2) is 0 Å². The van der Waals surface area contributed by atoms with Gasteiger partial charge in [-0.15, -0.1) is 0 Å². The molecule has 4 nitrogen and oxygen atoms in total. The highest BCUT2D eigenvalue weighted by Gasteiger charge is 2.42. The van der Waals surface area contributed by atoms with Crippen molar-refractivity contribution in [1.29, 1.82) is 0 Å². The van der Waals surface area contributed by atoms with Crippen molar-refractivity contribution >= 4 is 5.69 Å². The number of piperidine rings is 1. The highest BCUT2D eigenvalue weighted by molar-refractivity contribution is 5.79. The van der Waals surface area contributed by atoms with Crippen LogP contribution >= 0.6 is 0 Å². The van der Waals surface area contributed by atoms with E-state index in [0.29, 0.717) is 17.7 Å². The predicted molar refractivity (Wildman–Crippen MR) is 99.8 cm³/mol. The van der Waals surface area contributed by atoms with Crippen molar-refractivity contribution in [2.75, 3.05) is 31.6 Å². The average molecular weight is 336 g/mol. The Labute approximate surface area is 148 Å². The van der Waals surface area contributed by atoms with Gasteiger partial charge in [0.15, 0.2) is 0 Å². The summed E-state index contributed by atoms with van der Waals surface area (Å²) >= 11 is 0. The van der Waals surface area contributed by atoms with Crippen molar-refractivity contribution < 1.29 is 9.84 Å². The van der Waals surface area contributed by atoms with Crippen LogP contribution in [0, 0.1) is 0 Å². The highest BCUT2D eigenvalue weighted by Crippen LogP contribution is 2.49. The van der Waals surface area contributed by atoms with Crippen molar-refractivity contribution in [1.82, 2.24) is 5.32 Å². The van der Waals surface area contributed by atoms with E-state index in [-0.39, 0.29) is 5.75 Å². The number of phenolic OH excluding ortho intramolecular Hbond substituents is 1. The molecule has 0 aromatic heterocycles. The maximum absolute atomic E-state index is 10.5. The van der Waals surface area contributed by atoms with Crippen LogP contribution in [0.1, 0.15) is 29.9 Å². The summed E-state index contributed by atoms with van der Waals surface area (Å²) in [6, 6.07) is 10.8. The zero-order valence-corrected chi connectivity index (χ0v) is 14.6. The second-order valence-corrected chi connectivity index (χ2v) is 7.42. The molecule has 0 radical (unpaired) electrons. The van der Waals surface area contributed by atoms with Crippen molar-refractivity contribution in [3.05, 3.63) is 41.5 Å². The van der Waals surface area contributed by atoms with Crippen LogP contribution in [0.2, 0.25) is 0 Å². The molecule has 0 spiro atoms. The molecule has 3 aliphatic heterocycles. The smallest absolute Gasteiger partial charge is 0.127 e. The second-order valence-electron chi connectivity index (χ2n) is 7.42. The standard InChI is InChI=1S/C21H24N2O2/c1-25-15-4-5-16(20(24)11-15)14-9-13-3-2-8-23-19-6-7-22-12-18(19)17(10-14)21(13)23/h4-5,9-11,18-19,22,24H,2-3,6-8,12H2,1H3/t18-,19-/m1/s1. The van der Waals surface area contributed by atoms with Gasteiger partial charge in [-0.2, -0.15) is 0 Å². The van der Waals surface area contributed by atoms with Crippen molar-refractivity contribution in [3.63, 3.8) is 0 Å². The third kappa shape index (κ3) is 2.24. The summed E-state index contributed by atoms with van der Waals surface area (Å²) in [7, 11) is 1.62. The van der Waals surface area contributed by atoms with E-state index in [1.165, 1.54) is 36.2 Å². The van der Waals surface area contributed by atoms with Crippen LogP contribution in [-0.2, 0) is 6.42 Å². The molecule has 2 N–H and O–H groups in total. The number of hydrogen-bond acceptors (Lipinski definition) is 4. The Balaban J connectivity index is 1.65. The number of nitrogens with zero attached hydrogens (tertiary/aromatic N) is 1. The third-order valence-corrected chi connectivity index (χ3v) is 6.11. The third-order valence-electron chi connectivity index (χ3n) is 6.11. The van der Waals surface area contributed by atoms with Crippen molar-refractivity contribution in [3.8, 4) is 22.6 Å². The molecular formula is C21H24N2O2. The number of hydrogen-bond donors (Lipinski definition) is 2. The summed E-state index contributed by atoms with van der Waals surface area (Å²) in [4.78, 5) is 2.66. The lowest BCUT2D eigenvalue weighted by Gasteiger charge is -2.36. The molecule has 3 heterocycles. The van der Waals surface area contributed by atoms with E-state index in [9.17, 15) is 5.11 Å². The van der Waals surface area contributed by atoms with E-state index in [4.69, 9.17) is 4.74 Å². The van der Waals surface area contributed by atoms with Gasteiger partial charge in [0.05, 0.1) is 7.11 Å². The first kappa shape index (κ1) is 15.1. The molecule has 0 amide bonds. The van der Waals surface area contributed by atoms with Gasteiger partial charge in [0.2, 0.25) is 0 Å². The quantitative estimate of drug-likeness (QED) is 0.883. The van der Waals surface area contributed by atoms with Crippen LogP contribution in [0.5, 0.6) is 11.5 Å². The summed E-state index contributed by atoms with van der Waals surface area (Å²) < 4.78 is 5.22. The molecule has 1 fully saturated rings. The Morgan fingerprint density at radius 3 is 3.00 bits per heavy atom. The Morgan fingerprint density at radius 2 is 2.16 bits per heavy atom. The number of phenols is 1. The van der Waals surface area contributed by atoms with Gasteiger partial charge in [0.1, 0.15) is 11.5 Å². The molecule has 2 aromatic rings. The Morgan fingerprint density at radius 1 is 1.24 bits per heavy atom. The van der Waals surface area contributed by atoms with E-state index < -0.39 is 0 Å². The molecule has 25 heavy (non-hydrogen) atoms. The first-order valence-corrected chi connectivity index (χ1v) is 9.28. The number of ether oxygens (including phenoxy) is 1. The van der Waals surface area contributed by atoms with E-state index in [0.717, 1.165) is 30.6 Å².